The minimum Gasteiger partial charge on any atom is -0.756 e. The molecule has 2 N–H and O–H groups in total. The summed E-state index contributed by atoms with van der Waals surface area (Å²) in [5, 5.41) is 13.9. The van der Waals surface area contributed by atoms with Crippen molar-refractivity contribution in [3.8, 4) is 0 Å². The second kappa shape index (κ2) is 54.0. The second-order valence-corrected chi connectivity index (χ2v) is 22.4. The van der Waals surface area contributed by atoms with E-state index in [0.29, 0.717) is 17.4 Å². The Kier molecular flexibility index (Phi) is 51.9. The van der Waals surface area contributed by atoms with Gasteiger partial charge >= 0.3 is 0 Å². The number of phosphoric acid groups is 1. The van der Waals surface area contributed by atoms with Gasteiger partial charge in [0.15, 0.2) is 0 Å². The predicted molar refractivity (Wildman–Crippen MR) is 316 cm³/mol. The van der Waals surface area contributed by atoms with Gasteiger partial charge in [-0.25, -0.2) is 0 Å². The number of likely N-dealkylation sites (N-methyl/N-ethyl adjacent to an activating group) is 1. The Morgan fingerprint density at radius 1 is 0.493 bits per heavy atom. The molecule has 73 heavy (non-hydrogen) atoms. The van der Waals surface area contributed by atoms with Crippen molar-refractivity contribution in [3.63, 3.8) is 0 Å². The number of nitrogens with one attached hydrogen (secondary N) is 1. The van der Waals surface area contributed by atoms with Crippen LogP contribution in [0.4, 0.5) is 0 Å². The van der Waals surface area contributed by atoms with E-state index in [4.69, 9.17) is 9.05 Å². The Balaban J connectivity index is 4.34. The average molecular weight is 1040 g/mol. The van der Waals surface area contributed by atoms with Crippen LogP contribution < -0.4 is 10.2 Å². The first-order valence-electron chi connectivity index (χ1n) is 29.7. The van der Waals surface area contributed by atoms with Gasteiger partial charge in [0.2, 0.25) is 5.91 Å². The molecule has 0 rings (SSSR count). The predicted octanol–water partition coefficient (Wildman–Crippen LogP) is 17.7. The number of allylic oxidation sites excluding steroid dienone is 17. The highest BCUT2D eigenvalue weighted by Crippen LogP contribution is 2.38. The van der Waals surface area contributed by atoms with E-state index in [0.717, 1.165) is 83.5 Å². The van der Waals surface area contributed by atoms with Gasteiger partial charge in [-0.15, -0.1) is 0 Å². The highest BCUT2D eigenvalue weighted by molar-refractivity contribution is 7.45. The third-order valence-corrected chi connectivity index (χ3v) is 13.7. The highest BCUT2D eigenvalue weighted by Gasteiger charge is 2.23. The largest absolute Gasteiger partial charge is 0.756 e. The number of rotatable bonds is 53. The molecule has 0 aromatic carbocycles. The molecule has 0 spiro atoms. The van der Waals surface area contributed by atoms with Crippen LogP contribution in [-0.2, 0) is 18.4 Å². The summed E-state index contributed by atoms with van der Waals surface area (Å²) < 4.78 is 23.3. The Bertz CT molecular complexity index is 1550. The Morgan fingerprint density at radius 3 is 1.22 bits per heavy atom. The first-order valence-corrected chi connectivity index (χ1v) is 31.2. The van der Waals surface area contributed by atoms with Crippen LogP contribution in [-0.4, -0.2) is 68.5 Å². The van der Waals surface area contributed by atoms with Crippen molar-refractivity contribution < 1.29 is 32.9 Å². The summed E-state index contributed by atoms with van der Waals surface area (Å²) in [6, 6.07) is -0.919. The fraction of sp³-hybridized carbons (Fsp3) is 0.703. The summed E-state index contributed by atoms with van der Waals surface area (Å²) in [4.78, 5) is 25.5. The number of amides is 1. The second-order valence-electron chi connectivity index (χ2n) is 21.0. The number of unbranched alkanes of at least 4 members (excludes halogenated alkanes) is 24. The monoisotopic (exact) mass is 1040 g/mol. The molecule has 0 aromatic rings. The van der Waals surface area contributed by atoms with E-state index >= 15 is 0 Å². The first kappa shape index (κ1) is 70.2. The molecule has 0 bridgehead atoms. The lowest BCUT2D eigenvalue weighted by atomic mass is 10.0. The van der Waals surface area contributed by atoms with E-state index in [-0.39, 0.29) is 18.9 Å². The quantitative estimate of drug-likeness (QED) is 0.0272. The average Bonchev–Trinajstić information content (AvgIpc) is 3.35. The first-order chi connectivity index (χ1) is 35.5. The van der Waals surface area contributed by atoms with Gasteiger partial charge in [-0.05, 0) is 83.5 Å². The number of nitrogens with zero attached hydrogens (tertiary/aromatic N) is 1. The van der Waals surface area contributed by atoms with Crippen LogP contribution >= 0.6 is 7.82 Å². The molecule has 3 atom stereocenters. The van der Waals surface area contributed by atoms with Gasteiger partial charge in [0, 0.05) is 6.42 Å². The standard InChI is InChI=1S/C64H113N2O6P/c1-6-8-10-12-14-16-18-20-22-24-26-28-30-32-33-34-36-38-40-42-44-46-48-50-52-54-56-58-64(68)65-62(61-72-73(69,70)71-60-59-66(3,4)5)63(67)57-55-53-51-49-47-45-43-41-39-37-35-31-29-27-25-23-21-19-17-15-13-11-9-7-2/h8,10,14,16,20,22,26,28,32-33,36,38,42,44,48,50,55,57,62-63,67H,6-7,9,11-13,15,17-19,21,23-25,27,29-31,34-35,37,39-41,43,45-47,49,51-54,56,58-61H2,1-5H3,(H-,65,68,69,70)/b10-8-,16-14-,22-20-,28-26-,33-32-,38-36-,44-42-,50-48-,57-55+. The zero-order chi connectivity index (χ0) is 53.5. The number of quaternary nitrogens is 1. The van der Waals surface area contributed by atoms with Crippen molar-refractivity contribution in [2.45, 2.75) is 251 Å². The van der Waals surface area contributed by atoms with Crippen molar-refractivity contribution in [2.75, 3.05) is 40.9 Å². The number of phosphoric ester groups is 1. The van der Waals surface area contributed by atoms with E-state index in [2.05, 4.69) is 116 Å². The Labute approximate surface area is 451 Å². The minimum absolute atomic E-state index is 0.0155. The number of hydrogen-bond acceptors (Lipinski definition) is 6. The zero-order valence-corrected chi connectivity index (χ0v) is 48.7. The lowest BCUT2D eigenvalue weighted by molar-refractivity contribution is -0.870. The number of carbonyl (C=O) groups excluding carboxylic acids is 1. The molecule has 1 amide bonds. The maximum atomic E-state index is 13.0. The van der Waals surface area contributed by atoms with Crippen molar-refractivity contribution in [3.05, 3.63) is 109 Å². The molecular formula is C64H113N2O6P. The van der Waals surface area contributed by atoms with E-state index in [1.165, 1.54) is 128 Å². The van der Waals surface area contributed by atoms with Crippen molar-refractivity contribution in [2.24, 2.45) is 0 Å². The SMILES string of the molecule is CC/C=C\C/C=C\C/C=C\C/C=C\C/C=C\C/C=C\C/C=C\C/C=C\CCCCC(=O)NC(COP(=O)([O-])OCC[N+](C)(C)C)C(O)/C=C/CCCCCCCCCCCCCCCCCCCCCCCC. The lowest BCUT2D eigenvalue weighted by Gasteiger charge is -2.29. The normalized spacial score (nSPS) is 14.7. The van der Waals surface area contributed by atoms with E-state index in [1.54, 1.807) is 6.08 Å². The molecule has 0 heterocycles. The van der Waals surface area contributed by atoms with Gasteiger partial charge in [0.25, 0.3) is 7.82 Å². The number of carbonyl (C=O) groups is 1. The summed E-state index contributed by atoms with van der Waals surface area (Å²) in [6.07, 6.45) is 78.8. The van der Waals surface area contributed by atoms with Crippen LogP contribution in [0.25, 0.3) is 0 Å². The summed E-state index contributed by atoms with van der Waals surface area (Å²) in [6.45, 7) is 4.51. The molecule has 0 radical (unpaired) electrons. The maximum Gasteiger partial charge on any atom is 0.268 e. The fourth-order valence-electron chi connectivity index (χ4n) is 8.11. The highest BCUT2D eigenvalue weighted by atomic mass is 31.2. The molecule has 0 aromatic heterocycles. The summed E-state index contributed by atoms with van der Waals surface area (Å²) in [5.41, 5.74) is 0. The van der Waals surface area contributed by atoms with Crippen LogP contribution in [0.5, 0.6) is 0 Å². The number of aliphatic hydroxyl groups is 1. The topological polar surface area (TPSA) is 108 Å². The summed E-state index contributed by atoms with van der Waals surface area (Å²) in [5.74, 6) is -0.242. The Morgan fingerprint density at radius 2 is 0.836 bits per heavy atom. The zero-order valence-electron chi connectivity index (χ0n) is 47.8. The summed E-state index contributed by atoms with van der Waals surface area (Å²) >= 11 is 0. The maximum absolute atomic E-state index is 13.0. The summed E-state index contributed by atoms with van der Waals surface area (Å²) in [7, 11) is 1.22. The van der Waals surface area contributed by atoms with E-state index < -0.39 is 26.6 Å². The van der Waals surface area contributed by atoms with Gasteiger partial charge < -0.3 is 28.8 Å². The van der Waals surface area contributed by atoms with Gasteiger partial charge in [0.05, 0.1) is 39.9 Å². The van der Waals surface area contributed by atoms with Gasteiger partial charge in [-0.1, -0.05) is 258 Å². The van der Waals surface area contributed by atoms with Crippen molar-refractivity contribution in [1.29, 1.82) is 0 Å². The van der Waals surface area contributed by atoms with Crippen molar-refractivity contribution in [1.82, 2.24) is 5.32 Å². The van der Waals surface area contributed by atoms with Gasteiger partial charge in [-0.2, -0.15) is 0 Å². The molecule has 0 aliphatic rings. The third kappa shape index (κ3) is 56.7. The third-order valence-electron chi connectivity index (χ3n) is 12.7. The minimum atomic E-state index is -4.62. The van der Waals surface area contributed by atoms with E-state index in [1.807, 2.05) is 27.2 Å². The molecule has 0 aliphatic heterocycles. The smallest absolute Gasteiger partial charge is 0.268 e. The van der Waals surface area contributed by atoms with Gasteiger partial charge in [0.1, 0.15) is 13.2 Å². The van der Waals surface area contributed by atoms with Crippen LogP contribution in [0.15, 0.2) is 109 Å². The molecule has 420 valence electrons. The van der Waals surface area contributed by atoms with Gasteiger partial charge in [-0.3, -0.25) is 9.36 Å². The van der Waals surface area contributed by atoms with Crippen LogP contribution in [0.1, 0.15) is 239 Å². The molecule has 9 heteroatoms. The molecule has 0 saturated carbocycles. The number of aliphatic hydroxyl groups excluding tert-OH is 1. The Hall–Kier alpha value is -2.84. The van der Waals surface area contributed by atoms with Crippen LogP contribution in [0, 0.1) is 0 Å². The van der Waals surface area contributed by atoms with Crippen molar-refractivity contribution >= 4 is 13.7 Å². The molecule has 0 aliphatic carbocycles. The van der Waals surface area contributed by atoms with Crippen LogP contribution in [0.2, 0.25) is 0 Å². The lowest BCUT2D eigenvalue weighted by Crippen LogP contribution is -2.45. The molecule has 8 nitrogen and oxygen atoms in total. The fourth-order valence-corrected chi connectivity index (χ4v) is 8.83. The molecule has 0 saturated heterocycles. The number of hydrogen-bond donors (Lipinski definition) is 2. The molecule has 0 fully saturated rings. The van der Waals surface area contributed by atoms with Crippen LogP contribution in [0.3, 0.4) is 0 Å². The molecule has 3 unspecified atom stereocenters. The molecular weight excluding hydrogens is 924 g/mol. The van der Waals surface area contributed by atoms with E-state index in [9.17, 15) is 19.4 Å².